The summed E-state index contributed by atoms with van der Waals surface area (Å²) < 4.78 is 0. The van der Waals surface area contributed by atoms with Gasteiger partial charge in [0.15, 0.2) is 5.82 Å². The third kappa shape index (κ3) is 1.95. The minimum Gasteiger partial charge on any atom is -0.382 e. The normalized spacial score (nSPS) is 22.4. The number of piperazine rings is 1. The van der Waals surface area contributed by atoms with Gasteiger partial charge in [-0.15, -0.1) is 10.2 Å². The molecule has 2 heterocycles. The van der Waals surface area contributed by atoms with E-state index in [0.717, 1.165) is 38.0 Å². The van der Waals surface area contributed by atoms with Gasteiger partial charge in [-0.1, -0.05) is 0 Å². The predicted octanol–water partition coefficient (Wildman–Crippen LogP) is 0.343. The molecule has 1 aromatic heterocycles. The van der Waals surface area contributed by atoms with Gasteiger partial charge in [-0.25, -0.2) is 0 Å². The van der Waals surface area contributed by atoms with Crippen LogP contribution in [0.1, 0.15) is 12.8 Å². The number of aromatic nitrogens is 2. The van der Waals surface area contributed by atoms with Crippen LogP contribution in [0.3, 0.4) is 0 Å². The molecule has 0 radical (unpaired) electrons. The lowest BCUT2D eigenvalue weighted by Crippen LogP contribution is -2.47. The maximum atomic E-state index is 5.53. The van der Waals surface area contributed by atoms with E-state index in [1.807, 2.05) is 12.1 Å². The zero-order valence-electron chi connectivity index (χ0n) is 9.34. The quantitative estimate of drug-likeness (QED) is 0.777. The second kappa shape index (κ2) is 3.90. The minimum absolute atomic E-state index is 0.486. The Kier molecular flexibility index (Phi) is 2.40. The summed E-state index contributed by atoms with van der Waals surface area (Å²) in [6.45, 7) is 4.40. The van der Waals surface area contributed by atoms with Crippen molar-refractivity contribution < 1.29 is 0 Å². The summed E-state index contributed by atoms with van der Waals surface area (Å²) in [5, 5.41) is 8.01. The van der Waals surface area contributed by atoms with E-state index < -0.39 is 0 Å². The fourth-order valence-electron chi connectivity index (χ4n) is 2.26. The highest BCUT2D eigenvalue weighted by Crippen LogP contribution is 2.28. The second-order valence-electron chi connectivity index (χ2n) is 4.57. The monoisotopic (exact) mass is 219 g/mol. The first-order valence-electron chi connectivity index (χ1n) is 5.91. The molecule has 5 heteroatoms. The number of anilines is 2. The molecule has 0 atom stereocenters. The van der Waals surface area contributed by atoms with Crippen LogP contribution in [-0.4, -0.2) is 47.3 Å². The van der Waals surface area contributed by atoms with Crippen molar-refractivity contribution in [3.63, 3.8) is 0 Å². The smallest absolute Gasteiger partial charge is 0.151 e. The van der Waals surface area contributed by atoms with Gasteiger partial charge in [-0.2, -0.15) is 0 Å². The van der Waals surface area contributed by atoms with Crippen LogP contribution >= 0.6 is 0 Å². The van der Waals surface area contributed by atoms with E-state index in [9.17, 15) is 0 Å². The molecule has 1 saturated heterocycles. The van der Waals surface area contributed by atoms with E-state index in [4.69, 9.17) is 5.73 Å². The van der Waals surface area contributed by atoms with Crippen LogP contribution in [0.2, 0.25) is 0 Å². The van der Waals surface area contributed by atoms with Crippen LogP contribution in [0, 0.1) is 0 Å². The number of nitrogens with zero attached hydrogens (tertiary/aromatic N) is 4. The Hall–Kier alpha value is -1.36. The topological polar surface area (TPSA) is 58.3 Å². The van der Waals surface area contributed by atoms with Gasteiger partial charge in [0.25, 0.3) is 0 Å². The van der Waals surface area contributed by atoms with E-state index in [0.29, 0.717) is 5.82 Å². The molecule has 1 aliphatic heterocycles. The molecular formula is C11H17N5. The highest BCUT2D eigenvalue weighted by atomic mass is 15.3. The largest absolute Gasteiger partial charge is 0.382 e. The number of hydrogen-bond donors (Lipinski definition) is 1. The molecule has 2 fully saturated rings. The number of rotatable bonds is 2. The maximum absolute atomic E-state index is 5.53. The van der Waals surface area contributed by atoms with Crippen LogP contribution in [0.5, 0.6) is 0 Å². The summed E-state index contributed by atoms with van der Waals surface area (Å²) in [6.07, 6.45) is 2.78. The molecule has 2 N–H and O–H groups in total. The van der Waals surface area contributed by atoms with E-state index >= 15 is 0 Å². The first-order chi connectivity index (χ1) is 7.83. The molecule has 1 aromatic rings. The molecular weight excluding hydrogens is 202 g/mol. The van der Waals surface area contributed by atoms with Gasteiger partial charge in [0.2, 0.25) is 0 Å². The van der Waals surface area contributed by atoms with Gasteiger partial charge in [0, 0.05) is 32.2 Å². The standard InChI is InChI=1S/C11H17N5/c12-10-3-4-11(14-13-10)16-7-5-15(6-8-16)9-1-2-9/h3-4,9H,1-2,5-8H2,(H2,12,13). The summed E-state index contributed by atoms with van der Waals surface area (Å²) in [7, 11) is 0. The molecule has 5 nitrogen and oxygen atoms in total. The second-order valence-corrected chi connectivity index (χ2v) is 4.57. The fourth-order valence-corrected chi connectivity index (χ4v) is 2.26. The molecule has 1 saturated carbocycles. The van der Waals surface area contributed by atoms with Gasteiger partial charge in [0.1, 0.15) is 5.82 Å². The zero-order valence-corrected chi connectivity index (χ0v) is 9.34. The van der Waals surface area contributed by atoms with E-state index in [-0.39, 0.29) is 0 Å². The molecule has 0 bridgehead atoms. The third-order valence-electron chi connectivity index (χ3n) is 3.37. The van der Waals surface area contributed by atoms with Crippen LogP contribution in [0.25, 0.3) is 0 Å². The van der Waals surface area contributed by atoms with Crippen molar-refractivity contribution in [3.8, 4) is 0 Å². The van der Waals surface area contributed by atoms with Crippen molar-refractivity contribution in [2.24, 2.45) is 0 Å². The molecule has 86 valence electrons. The third-order valence-corrected chi connectivity index (χ3v) is 3.37. The van der Waals surface area contributed by atoms with Crippen molar-refractivity contribution in [1.29, 1.82) is 0 Å². The highest BCUT2D eigenvalue weighted by molar-refractivity contribution is 5.41. The van der Waals surface area contributed by atoms with Crippen molar-refractivity contribution in [2.45, 2.75) is 18.9 Å². The summed E-state index contributed by atoms with van der Waals surface area (Å²) in [4.78, 5) is 4.87. The van der Waals surface area contributed by atoms with Gasteiger partial charge in [0.05, 0.1) is 0 Å². The average molecular weight is 219 g/mol. The summed E-state index contributed by atoms with van der Waals surface area (Å²) in [6, 6.07) is 4.64. The molecule has 0 unspecified atom stereocenters. The SMILES string of the molecule is Nc1ccc(N2CCN(C3CC3)CC2)nn1. The molecule has 0 spiro atoms. The van der Waals surface area contributed by atoms with Crippen LogP contribution < -0.4 is 10.6 Å². The van der Waals surface area contributed by atoms with E-state index in [2.05, 4.69) is 20.0 Å². The summed E-state index contributed by atoms with van der Waals surface area (Å²) in [5.41, 5.74) is 5.53. The number of nitrogen functional groups attached to an aromatic ring is 1. The van der Waals surface area contributed by atoms with E-state index in [1.54, 1.807) is 0 Å². The minimum atomic E-state index is 0.486. The van der Waals surface area contributed by atoms with Crippen molar-refractivity contribution >= 4 is 11.6 Å². The van der Waals surface area contributed by atoms with Crippen LogP contribution in [0.4, 0.5) is 11.6 Å². The number of hydrogen-bond acceptors (Lipinski definition) is 5. The Morgan fingerprint density at radius 1 is 1.06 bits per heavy atom. The Bertz CT molecular complexity index is 351. The lowest BCUT2D eigenvalue weighted by molar-refractivity contribution is 0.247. The Labute approximate surface area is 95.2 Å². The molecule has 0 aromatic carbocycles. The Morgan fingerprint density at radius 3 is 2.38 bits per heavy atom. The maximum Gasteiger partial charge on any atom is 0.151 e. The van der Waals surface area contributed by atoms with Crippen LogP contribution in [0.15, 0.2) is 12.1 Å². The van der Waals surface area contributed by atoms with Gasteiger partial charge in [-0.3, -0.25) is 4.90 Å². The Balaban J connectivity index is 1.62. The molecule has 0 amide bonds. The molecule has 16 heavy (non-hydrogen) atoms. The first kappa shape index (κ1) is 9.84. The lowest BCUT2D eigenvalue weighted by Gasteiger charge is -2.35. The van der Waals surface area contributed by atoms with E-state index in [1.165, 1.54) is 12.8 Å². The summed E-state index contributed by atoms with van der Waals surface area (Å²) >= 11 is 0. The highest BCUT2D eigenvalue weighted by Gasteiger charge is 2.31. The van der Waals surface area contributed by atoms with Gasteiger partial charge >= 0.3 is 0 Å². The molecule has 3 rings (SSSR count). The Morgan fingerprint density at radius 2 is 1.81 bits per heavy atom. The number of nitrogens with two attached hydrogens (primary N) is 1. The predicted molar refractivity (Wildman–Crippen MR) is 63.3 cm³/mol. The van der Waals surface area contributed by atoms with Gasteiger partial charge in [-0.05, 0) is 25.0 Å². The van der Waals surface area contributed by atoms with Crippen molar-refractivity contribution in [3.05, 3.63) is 12.1 Å². The van der Waals surface area contributed by atoms with Gasteiger partial charge < -0.3 is 10.6 Å². The average Bonchev–Trinajstić information content (AvgIpc) is 3.14. The molecule has 2 aliphatic rings. The fraction of sp³-hybridized carbons (Fsp3) is 0.636. The lowest BCUT2D eigenvalue weighted by atomic mass is 10.3. The molecule has 1 aliphatic carbocycles. The van der Waals surface area contributed by atoms with Crippen LogP contribution in [-0.2, 0) is 0 Å². The zero-order chi connectivity index (χ0) is 11.0. The van der Waals surface area contributed by atoms with Crippen molar-refractivity contribution in [1.82, 2.24) is 15.1 Å². The van der Waals surface area contributed by atoms with Crippen molar-refractivity contribution in [2.75, 3.05) is 36.8 Å². The summed E-state index contributed by atoms with van der Waals surface area (Å²) in [5.74, 6) is 1.44. The first-order valence-corrected chi connectivity index (χ1v) is 5.91.